The standard InChI is InChI=1S/C15H16N2O.C2H6/c1-10-8-12-5-3-4-11-9-13(18-2)6-7-14(11)15(12)17-16-10;1-2/h6-9H,3-5H2,1-2H3;1-2H3. The van der Waals surface area contributed by atoms with Crippen LogP contribution in [0, 0.1) is 6.92 Å². The highest BCUT2D eigenvalue weighted by Crippen LogP contribution is 2.32. The topological polar surface area (TPSA) is 35.0 Å². The zero-order chi connectivity index (χ0) is 14.5. The van der Waals surface area contributed by atoms with Gasteiger partial charge >= 0.3 is 0 Å². The van der Waals surface area contributed by atoms with E-state index in [1.54, 1.807) is 7.11 Å². The summed E-state index contributed by atoms with van der Waals surface area (Å²) in [6.45, 7) is 5.99. The van der Waals surface area contributed by atoms with Gasteiger partial charge in [-0.05, 0) is 61.6 Å². The van der Waals surface area contributed by atoms with Crippen molar-refractivity contribution in [3.05, 3.63) is 41.1 Å². The van der Waals surface area contributed by atoms with Crippen LogP contribution in [0.15, 0.2) is 24.3 Å². The van der Waals surface area contributed by atoms with Crippen molar-refractivity contribution < 1.29 is 4.74 Å². The van der Waals surface area contributed by atoms with E-state index in [4.69, 9.17) is 4.74 Å². The molecule has 0 aliphatic heterocycles. The Bertz CT molecular complexity index is 594. The van der Waals surface area contributed by atoms with Gasteiger partial charge in [-0.1, -0.05) is 13.8 Å². The molecule has 20 heavy (non-hydrogen) atoms. The van der Waals surface area contributed by atoms with Crippen LogP contribution in [-0.2, 0) is 12.8 Å². The highest BCUT2D eigenvalue weighted by atomic mass is 16.5. The Balaban J connectivity index is 0.000000704. The van der Waals surface area contributed by atoms with E-state index in [1.807, 2.05) is 26.8 Å². The molecule has 1 aliphatic rings. The van der Waals surface area contributed by atoms with Crippen LogP contribution in [0.3, 0.4) is 0 Å². The summed E-state index contributed by atoms with van der Waals surface area (Å²) in [5.41, 5.74) is 5.86. The average Bonchev–Trinajstić information content (AvgIpc) is 2.67. The van der Waals surface area contributed by atoms with E-state index in [1.165, 1.54) is 16.7 Å². The fourth-order valence-corrected chi connectivity index (χ4v) is 2.56. The van der Waals surface area contributed by atoms with Gasteiger partial charge in [0.15, 0.2) is 0 Å². The van der Waals surface area contributed by atoms with Crippen molar-refractivity contribution in [2.24, 2.45) is 0 Å². The summed E-state index contributed by atoms with van der Waals surface area (Å²) in [6.07, 6.45) is 3.29. The predicted molar refractivity (Wildman–Crippen MR) is 82.1 cm³/mol. The van der Waals surface area contributed by atoms with Gasteiger partial charge in [-0.3, -0.25) is 0 Å². The highest BCUT2D eigenvalue weighted by molar-refractivity contribution is 5.68. The SMILES string of the molecule is CC.COc1ccc2c(c1)CCCc1cc(C)nnc1-2. The van der Waals surface area contributed by atoms with Crippen LogP contribution in [0.5, 0.6) is 5.75 Å². The lowest BCUT2D eigenvalue weighted by atomic mass is 10.0. The van der Waals surface area contributed by atoms with Crippen molar-refractivity contribution in [2.45, 2.75) is 40.0 Å². The maximum Gasteiger partial charge on any atom is 0.119 e. The minimum atomic E-state index is 0.914. The van der Waals surface area contributed by atoms with Gasteiger partial charge in [0, 0.05) is 5.56 Å². The molecule has 0 unspecified atom stereocenters. The minimum Gasteiger partial charge on any atom is -0.497 e. The summed E-state index contributed by atoms with van der Waals surface area (Å²) < 4.78 is 5.29. The number of rotatable bonds is 1. The maximum atomic E-state index is 5.29. The maximum absolute atomic E-state index is 5.29. The zero-order valence-corrected chi connectivity index (χ0v) is 12.7. The lowest BCUT2D eigenvalue weighted by Gasteiger charge is -2.09. The number of benzene rings is 1. The Kier molecular flexibility index (Phi) is 4.72. The van der Waals surface area contributed by atoms with Gasteiger partial charge in [-0.15, -0.1) is 5.10 Å². The number of fused-ring (bicyclic) bond motifs is 3. The number of hydrogen-bond donors (Lipinski definition) is 0. The summed E-state index contributed by atoms with van der Waals surface area (Å²) in [5.74, 6) is 0.914. The fourth-order valence-electron chi connectivity index (χ4n) is 2.56. The van der Waals surface area contributed by atoms with Crippen LogP contribution < -0.4 is 4.74 Å². The van der Waals surface area contributed by atoms with Gasteiger partial charge in [0.25, 0.3) is 0 Å². The smallest absolute Gasteiger partial charge is 0.119 e. The monoisotopic (exact) mass is 270 g/mol. The third-order valence-electron chi connectivity index (χ3n) is 3.45. The van der Waals surface area contributed by atoms with Crippen LogP contribution in [0.25, 0.3) is 11.3 Å². The van der Waals surface area contributed by atoms with Gasteiger partial charge in [-0.2, -0.15) is 5.10 Å². The minimum absolute atomic E-state index is 0.914. The van der Waals surface area contributed by atoms with Crippen molar-refractivity contribution >= 4 is 0 Å². The largest absolute Gasteiger partial charge is 0.497 e. The molecule has 0 radical (unpaired) electrons. The van der Waals surface area contributed by atoms with E-state index in [0.29, 0.717) is 0 Å². The first-order chi connectivity index (χ1) is 9.78. The molecule has 0 saturated carbocycles. The number of methoxy groups -OCH3 is 1. The van der Waals surface area contributed by atoms with E-state index in [9.17, 15) is 0 Å². The summed E-state index contributed by atoms with van der Waals surface area (Å²) in [5, 5.41) is 8.58. The Morgan fingerprint density at radius 2 is 1.75 bits per heavy atom. The molecule has 1 aliphatic carbocycles. The van der Waals surface area contributed by atoms with Crippen molar-refractivity contribution in [3.63, 3.8) is 0 Å². The average molecular weight is 270 g/mol. The fraction of sp³-hybridized carbons (Fsp3) is 0.412. The van der Waals surface area contributed by atoms with Gasteiger partial charge in [0.05, 0.1) is 18.5 Å². The molecule has 0 bridgehead atoms. The van der Waals surface area contributed by atoms with E-state index < -0.39 is 0 Å². The summed E-state index contributed by atoms with van der Waals surface area (Å²) in [6, 6.07) is 8.37. The summed E-state index contributed by atoms with van der Waals surface area (Å²) in [7, 11) is 1.70. The Morgan fingerprint density at radius 1 is 1.00 bits per heavy atom. The summed E-state index contributed by atoms with van der Waals surface area (Å²) in [4.78, 5) is 0. The molecule has 3 nitrogen and oxygen atoms in total. The molecule has 106 valence electrons. The van der Waals surface area contributed by atoms with Crippen LogP contribution in [0.1, 0.15) is 37.1 Å². The van der Waals surface area contributed by atoms with Gasteiger partial charge < -0.3 is 4.74 Å². The lowest BCUT2D eigenvalue weighted by Crippen LogP contribution is -1.97. The molecular weight excluding hydrogens is 248 g/mol. The molecule has 0 amide bonds. The van der Waals surface area contributed by atoms with Gasteiger partial charge in [0.2, 0.25) is 0 Å². The molecule has 2 aromatic rings. The van der Waals surface area contributed by atoms with Crippen LogP contribution >= 0.6 is 0 Å². The number of aryl methyl sites for hydroxylation is 3. The molecule has 0 spiro atoms. The molecule has 3 rings (SSSR count). The molecule has 1 aromatic carbocycles. The number of aromatic nitrogens is 2. The Hall–Kier alpha value is -1.90. The second-order valence-corrected chi connectivity index (χ2v) is 4.74. The first-order valence-corrected chi connectivity index (χ1v) is 7.28. The van der Waals surface area contributed by atoms with Crippen molar-refractivity contribution in [3.8, 4) is 17.0 Å². The Labute approximate surface area is 121 Å². The third-order valence-corrected chi connectivity index (χ3v) is 3.45. The normalized spacial score (nSPS) is 12.4. The molecule has 0 N–H and O–H groups in total. The number of hydrogen-bond acceptors (Lipinski definition) is 3. The number of nitrogens with zero attached hydrogens (tertiary/aromatic N) is 2. The highest BCUT2D eigenvalue weighted by Gasteiger charge is 2.16. The predicted octanol–water partition coefficient (Wildman–Crippen LogP) is 3.98. The van der Waals surface area contributed by atoms with E-state index >= 15 is 0 Å². The molecule has 0 atom stereocenters. The van der Waals surface area contributed by atoms with Crippen LogP contribution in [0.4, 0.5) is 0 Å². The second kappa shape index (κ2) is 6.51. The van der Waals surface area contributed by atoms with E-state index in [0.717, 1.165) is 36.4 Å². The first kappa shape index (κ1) is 14.5. The molecule has 0 fully saturated rings. The van der Waals surface area contributed by atoms with Crippen molar-refractivity contribution in [2.75, 3.05) is 7.11 Å². The molecule has 1 heterocycles. The molecular formula is C17H22N2O. The lowest BCUT2D eigenvalue weighted by molar-refractivity contribution is 0.414. The molecule has 3 heteroatoms. The van der Waals surface area contributed by atoms with Crippen molar-refractivity contribution in [1.29, 1.82) is 0 Å². The summed E-state index contributed by atoms with van der Waals surface area (Å²) >= 11 is 0. The molecule has 1 aromatic heterocycles. The zero-order valence-electron chi connectivity index (χ0n) is 12.7. The third kappa shape index (κ3) is 2.82. The number of ether oxygens (including phenoxy) is 1. The van der Waals surface area contributed by atoms with Crippen LogP contribution in [0.2, 0.25) is 0 Å². The van der Waals surface area contributed by atoms with E-state index in [-0.39, 0.29) is 0 Å². The second-order valence-electron chi connectivity index (χ2n) is 4.74. The Morgan fingerprint density at radius 3 is 2.50 bits per heavy atom. The van der Waals surface area contributed by atoms with Crippen LogP contribution in [-0.4, -0.2) is 17.3 Å². The molecule has 0 saturated heterocycles. The quantitative estimate of drug-likeness (QED) is 0.786. The van der Waals surface area contributed by atoms with Crippen molar-refractivity contribution in [1.82, 2.24) is 10.2 Å². The van der Waals surface area contributed by atoms with Gasteiger partial charge in [-0.25, -0.2) is 0 Å². The van der Waals surface area contributed by atoms with E-state index in [2.05, 4.69) is 28.4 Å². The first-order valence-electron chi connectivity index (χ1n) is 7.28. The van der Waals surface area contributed by atoms with Gasteiger partial charge in [0.1, 0.15) is 5.75 Å².